The fraction of sp³-hybridized carbons (Fsp3) is 0.571. The molecule has 0 amide bonds. The third-order valence-electron chi connectivity index (χ3n) is 2.68. The molecular formula is C14H24N2O. The first kappa shape index (κ1) is 14.0. The maximum Gasteiger partial charge on any atom is 0.122 e. The van der Waals surface area contributed by atoms with Gasteiger partial charge >= 0.3 is 0 Å². The predicted molar refractivity (Wildman–Crippen MR) is 72.6 cm³/mol. The molecule has 1 rings (SSSR count). The third kappa shape index (κ3) is 5.20. The van der Waals surface area contributed by atoms with Crippen molar-refractivity contribution in [3.05, 3.63) is 29.3 Å². The summed E-state index contributed by atoms with van der Waals surface area (Å²) in [7, 11) is 4.15. The van der Waals surface area contributed by atoms with Gasteiger partial charge in [-0.3, -0.25) is 0 Å². The van der Waals surface area contributed by atoms with E-state index in [1.807, 2.05) is 0 Å². The van der Waals surface area contributed by atoms with Crippen molar-refractivity contribution in [1.82, 2.24) is 4.90 Å². The van der Waals surface area contributed by atoms with Gasteiger partial charge in [0.25, 0.3) is 0 Å². The number of hydrogen-bond acceptors (Lipinski definition) is 3. The minimum absolute atomic E-state index is 0.697. The Bertz CT molecular complexity index is 337. The molecule has 0 radical (unpaired) electrons. The highest BCUT2D eigenvalue weighted by atomic mass is 16.5. The van der Waals surface area contributed by atoms with E-state index in [9.17, 15) is 0 Å². The fourth-order valence-electron chi connectivity index (χ4n) is 1.76. The van der Waals surface area contributed by atoms with Crippen molar-refractivity contribution in [3.63, 3.8) is 0 Å². The summed E-state index contributed by atoms with van der Waals surface area (Å²) >= 11 is 0. The van der Waals surface area contributed by atoms with Crippen LogP contribution in [0, 0.1) is 6.92 Å². The quantitative estimate of drug-likeness (QED) is 0.734. The van der Waals surface area contributed by atoms with Crippen LogP contribution in [-0.2, 0) is 6.42 Å². The zero-order valence-electron chi connectivity index (χ0n) is 11.2. The summed E-state index contributed by atoms with van der Waals surface area (Å²) in [5.74, 6) is 0.990. The zero-order chi connectivity index (χ0) is 12.7. The highest BCUT2D eigenvalue weighted by Gasteiger charge is 2.01. The number of nitrogens with zero attached hydrogens (tertiary/aromatic N) is 1. The smallest absolute Gasteiger partial charge is 0.122 e. The molecule has 3 heteroatoms. The second-order valence-electron chi connectivity index (χ2n) is 4.64. The van der Waals surface area contributed by atoms with Crippen molar-refractivity contribution < 1.29 is 4.74 Å². The Morgan fingerprint density at radius 1 is 1.29 bits per heavy atom. The van der Waals surface area contributed by atoms with E-state index in [0.717, 1.165) is 31.7 Å². The third-order valence-corrected chi connectivity index (χ3v) is 2.68. The van der Waals surface area contributed by atoms with Crippen molar-refractivity contribution in [2.24, 2.45) is 5.73 Å². The lowest BCUT2D eigenvalue weighted by Gasteiger charge is -2.12. The molecule has 0 unspecified atom stereocenters. The first-order valence-electron chi connectivity index (χ1n) is 6.20. The fourth-order valence-corrected chi connectivity index (χ4v) is 1.76. The zero-order valence-corrected chi connectivity index (χ0v) is 11.2. The highest BCUT2D eigenvalue weighted by Crippen LogP contribution is 2.19. The van der Waals surface area contributed by atoms with Gasteiger partial charge in [-0.05, 0) is 57.6 Å². The molecule has 0 bridgehead atoms. The van der Waals surface area contributed by atoms with Crippen LogP contribution in [-0.4, -0.2) is 38.7 Å². The van der Waals surface area contributed by atoms with E-state index in [1.165, 1.54) is 11.1 Å². The molecule has 0 spiro atoms. The Hall–Kier alpha value is -1.06. The molecule has 2 N–H and O–H groups in total. The van der Waals surface area contributed by atoms with Gasteiger partial charge in [0, 0.05) is 6.54 Å². The number of aryl methyl sites for hydroxylation is 1. The number of benzene rings is 1. The average Bonchev–Trinajstić information content (AvgIpc) is 2.27. The van der Waals surface area contributed by atoms with Crippen LogP contribution in [0.25, 0.3) is 0 Å². The van der Waals surface area contributed by atoms with Crippen molar-refractivity contribution >= 4 is 0 Å². The van der Waals surface area contributed by atoms with Gasteiger partial charge in [0.1, 0.15) is 5.75 Å². The normalized spacial score (nSPS) is 10.9. The van der Waals surface area contributed by atoms with Crippen molar-refractivity contribution in [3.8, 4) is 5.75 Å². The Balaban J connectivity index is 2.43. The van der Waals surface area contributed by atoms with Crippen LogP contribution in [0.5, 0.6) is 5.75 Å². The van der Waals surface area contributed by atoms with Crippen molar-refractivity contribution in [1.29, 1.82) is 0 Å². The average molecular weight is 236 g/mol. The van der Waals surface area contributed by atoms with Gasteiger partial charge in [-0.25, -0.2) is 0 Å². The Kier molecular flexibility index (Phi) is 6.01. The Morgan fingerprint density at radius 2 is 2.06 bits per heavy atom. The molecule has 0 atom stereocenters. The summed E-state index contributed by atoms with van der Waals surface area (Å²) in [4.78, 5) is 2.17. The second-order valence-corrected chi connectivity index (χ2v) is 4.64. The molecule has 96 valence electrons. The van der Waals surface area contributed by atoms with Gasteiger partial charge in [-0.2, -0.15) is 0 Å². The SMILES string of the molecule is Cc1cc(CCN)ccc1OCCCN(C)C. The molecule has 0 aliphatic carbocycles. The number of ether oxygens (including phenoxy) is 1. The van der Waals surface area contributed by atoms with E-state index >= 15 is 0 Å². The van der Waals surface area contributed by atoms with E-state index in [2.05, 4.69) is 44.1 Å². The van der Waals surface area contributed by atoms with Gasteiger partial charge in [-0.1, -0.05) is 12.1 Å². The molecule has 3 nitrogen and oxygen atoms in total. The molecule has 0 saturated heterocycles. The summed E-state index contributed by atoms with van der Waals surface area (Å²) < 4.78 is 5.76. The van der Waals surface area contributed by atoms with Crippen molar-refractivity contribution in [2.75, 3.05) is 33.8 Å². The van der Waals surface area contributed by atoms with Crippen LogP contribution < -0.4 is 10.5 Å². The first-order chi connectivity index (χ1) is 8.13. The van der Waals surface area contributed by atoms with E-state index in [-0.39, 0.29) is 0 Å². The Labute approximate surface area is 105 Å². The van der Waals surface area contributed by atoms with Crippen LogP contribution in [0.1, 0.15) is 17.5 Å². The summed E-state index contributed by atoms with van der Waals surface area (Å²) in [6, 6.07) is 6.31. The van der Waals surface area contributed by atoms with Crippen LogP contribution in [0.2, 0.25) is 0 Å². The minimum atomic E-state index is 0.697. The minimum Gasteiger partial charge on any atom is -0.493 e. The van der Waals surface area contributed by atoms with Gasteiger partial charge in [0.15, 0.2) is 0 Å². The molecule has 1 aromatic carbocycles. The highest BCUT2D eigenvalue weighted by molar-refractivity contribution is 5.36. The maximum atomic E-state index is 5.76. The topological polar surface area (TPSA) is 38.5 Å². The van der Waals surface area contributed by atoms with Gasteiger partial charge in [0.05, 0.1) is 6.61 Å². The lowest BCUT2D eigenvalue weighted by molar-refractivity contribution is 0.280. The van der Waals surface area contributed by atoms with E-state index < -0.39 is 0 Å². The summed E-state index contributed by atoms with van der Waals surface area (Å²) in [5, 5.41) is 0. The second kappa shape index (κ2) is 7.30. The monoisotopic (exact) mass is 236 g/mol. The van der Waals surface area contributed by atoms with Crippen molar-refractivity contribution in [2.45, 2.75) is 19.8 Å². The largest absolute Gasteiger partial charge is 0.493 e. The number of nitrogens with two attached hydrogens (primary N) is 1. The first-order valence-corrected chi connectivity index (χ1v) is 6.20. The number of rotatable bonds is 7. The summed E-state index contributed by atoms with van der Waals surface area (Å²) in [5.41, 5.74) is 8.02. The molecule has 0 aromatic heterocycles. The van der Waals surface area contributed by atoms with Crippen LogP contribution >= 0.6 is 0 Å². The summed E-state index contributed by atoms with van der Waals surface area (Å²) in [6.07, 6.45) is 1.98. The lowest BCUT2D eigenvalue weighted by atomic mass is 10.1. The lowest BCUT2D eigenvalue weighted by Crippen LogP contribution is -2.15. The standard InChI is InChI=1S/C14H24N2O/c1-12-11-13(7-8-15)5-6-14(12)17-10-4-9-16(2)3/h5-6,11H,4,7-10,15H2,1-3H3. The molecule has 0 saturated carbocycles. The van der Waals surface area contributed by atoms with Crippen LogP contribution in [0.15, 0.2) is 18.2 Å². The summed E-state index contributed by atoms with van der Waals surface area (Å²) in [6.45, 7) is 4.61. The van der Waals surface area contributed by atoms with Crippen LogP contribution in [0.3, 0.4) is 0 Å². The molecule has 0 heterocycles. The van der Waals surface area contributed by atoms with Gasteiger partial charge in [0.2, 0.25) is 0 Å². The van der Waals surface area contributed by atoms with Gasteiger partial charge in [-0.15, -0.1) is 0 Å². The molecule has 0 aliphatic heterocycles. The van der Waals surface area contributed by atoms with Gasteiger partial charge < -0.3 is 15.4 Å². The van der Waals surface area contributed by atoms with E-state index in [4.69, 9.17) is 10.5 Å². The molecular weight excluding hydrogens is 212 g/mol. The molecule has 17 heavy (non-hydrogen) atoms. The molecule has 1 aromatic rings. The van der Waals surface area contributed by atoms with E-state index in [0.29, 0.717) is 6.54 Å². The molecule has 0 aliphatic rings. The maximum absolute atomic E-state index is 5.76. The van der Waals surface area contributed by atoms with Crippen LogP contribution in [0.4, 0.5) is 0 Å². The number of hydrogen-bond donors (Lipinski definition) is 1. The van der Waals surface area contributed by atoms with E-state index in [1.54, 1.807) is 0 Å². The molecule has 0 fully saturated rings. The Morgan fingerprint density at radius 3 is 2.65 bits per heavy atom. The predicted octanol–water partition coefficient (Wildman–Crippen LogP) is 1.83.